The van der Waals surface area contributed by atoms with Crippen LogP contribution < -0.4 is 0 Å². The Morgan fingerprint density at radius 2 is 1.91 bits per heavy atom. The molecule has 2 fully saturated rings. The summed E-state index contributed by atoms with van der Waals surface area (Å²) in [5.41, 5.74) is 1.97. The Kier molecular flexibility index (Phi) is 3.75. The molecule has 1 aliphatic heterocycles. The van der Waals surface area contributed by atoms with Gasteiger partial charge in [-0.3, -0.25) is 4.79 Å². The number of hydrogen-bond acceptors (Lipinski definition) is 1. The zero-order chi connectivity index (χ0) is 16.4. The van der Waals surface area contributed by atoms with Crippen LogP contribution in [0.4, 0.5) is 0 Å². The molecule has 1 saturated heterocycles. The lowest BCUT2D eigenvalue weighted by molar-refractivity contribution is -0.128. The van der Waals surface area contributed by atoms with Gasteiger partial charge in [-0.2, -0.15) is 0 Å². The molecule has 23 heavy (non-hydrogen) atoms. The van der Waals surface area contributed by atoms with E-state index in [1.807, 2.05) is 11.9 Å². The molecule has 3 heteroatoms. The van der Waals surface area contributed by atoms with Crippen LogP contribution in [0.3, 0.4) is 0 Å². The molecule has 2 nitrogen and oxygen atoms in total. The molecule has 5 atom stereocenters. The van der Waals surface area contributed by atoms with Crippen molar-refractivity contribution >= 4 is 28.5 Å². The highest BCUT2D eigenvalue weighted by Gasteiger charge is 2.56. The van der Waals surface area contributed by atoms with Crippen LogP contribution in [-0.4, -0.2) is 17.9 Å². The van der Waals surface area contributed by atoms with Crippen molar-refractivity contribution in [1.82, 2.24) is 4.90 Å². The first-order valence-corrected chi connectivity index (χ1v) is 10.3. The first-order valence-electron chi connectivity index (χ1n) is 9.21. The highest BCUT2D eigenvalue weighted by atomic mass is 127. The highest BCUT2D eigenvalue weighted by molar-refractivity contribution is 14.1. The number of carbonyl (C=O) groups is 1. The van der Waals surface area contributed by atoms with Crippen LogP contribution in [0.2, 0.25) is 0 Å². The molecule has 0 spiro atoms. The number of likely N-dealkylation sites (tertiary alicyclic amines) is 1. The second-order valence-corrected chi connectivity index (χ2v) is 9.83. The summed E-state index contributed by atoms with van der Waals surface area (Å²) < 4.78 is 1.60. The third-order valence-corrected chi connectivity index (χ3v) is 9.40. The van der Waals surface area contributed by atoms with Crippen molar-refractivity contribution in [2.24, 2.45) is 28.6 Å². The average molecular weight is 425 g/mol. The minimum absolute atomic E-state index is 0.208. The summed E-state index contributed by atoms with van der Waals surface area (Å²) in [5, 5.41) is 0. The number of allylic oxidation sites excluding steroid dienone is 4. The van der Waals surface area contributed by atoms with Gasteiger partial charge in [-0.1, -0.05) is 26.0 Å². The van der Waals surface area contributed by atoms with Gasteiger partial charge >= 0.3 is 0 Å². The molecule has 4 aliphatic rings. The van der Waals surface area contributed by atoms with Crippen LogP contribution in [0.25, 0.3) is 0 Å². The van der Waals surface area contributed by atoms with E-state index in [0.29, 0.717) is 11.3 Å². The van der Waals surface area contributed by atoms with Crippen molar-refractivity contribution in [1.29, 1.82) is 0 Å². The Hall–Kier alpha value is -0.320. The van der Waals surface area contributed by atoms with Crippen molar-refractivity contribution in [3.05, 3.63) is 21.4 Å². The van der Waals surface area contributed by atoms with Gasteiger partial charge in [-0.05, 0) is 82.4 Å². The van der Waals surface area contributed by atoms with Crippen molar-refractivity contribution in [3.8, 4) is 0 Å². The predicted molar refractivity (Wildman–Crippen MR) is 102 cm³/mol. The average Bonchev–Trinajstić information content (AvgIpc) is 2.76. The van der Waals surface area contributed by atoms with E-state index in [4.69, 9.17) is 0 Å². The maximum absolute atomic E-state index is 12.3. The second kappa shape index (κ2) is 5.34. The molecular weight excluding hydrogens is 397 g/mol. The minimum atomic E-state index is 0.208. The molecule has 0 aromatic carbocycles. The Morgan fingerprint density at radius 3 is 2.70 bits per heavy atom. The van der Waals surface area contributed by atoms with Crippen LogP contribution in [0.5, 0.6) is 0 Å². The Morgan fingerprint density at radius 1 is 1.13 bits per heavy atom. The van der Waals surface area contributed by atoms with Gasteiger partial charge in [0, 0.05) is 30.0 Å². The first-order chi connectivity index (χ1) is 10.9. The fourth-order valence-corrected chi connectivity index (χ4v) is 7.26. The van der Waals surface area contributed by atoms with Gasteiger partial charge < -0.3 is 4.90 Å². The number of halogens is 1. The molecule has 1 saturated carbocycles. The summed E-state index contributed by atoms with van der Waals surface area (Å²) in [4.78, 5) is 14.3. The molecule has 0 bridgehead atoms. The van der Waals surface area contributed by atoms with Crippen molar-refractivity contribution in [3.63, 3.8) is 0 Å². The van der Waals surface area contributed by atoms with Gasteiger partial charge in [0.25, 0.3) is 0 Å². The predicted octanol–water partition coefficient (Wildman–Crippen LogP) is 5.29. The molecule has 0 N–H and O–H groups in total. The van der Waals surface area contributed by atoms with Crippen LogP contribution in [0.1, 0.15) is 58.8 Å². The lowest BCUT2D eigenvalue weighted by Gasteiger charge is -2.56. The summed E-state index contributed by atoms with van der Waals surface area (Å²) >= 11 is 2.59. The Balaban J connectivity index is 1.73. The Bertz CT molecular complexity index is 609. The van der Waals surface area contributed by atoms with Gasteiger partial charge in [-0.15, -0.1) is 0 Å². The number of amides is 1. The SMILES string of the molecule is CN1C(=O)CCC[C@@]2(C)C1=CC[C@@H]1[C@@H]2CC[C@]2(C)C(I)=CC[C@@H]12. The van der Waals surface area contributed by atoms with E-state index in [0.717, 1.165) is 30.6 Å². The van der Waals surface area contributed by atoms with Gasteiger partial charge in [0.1, 0.15) is 0 Å². The van der Waals surface area contributed by atoms with E-state index < -0.39 is 0 Å². The molecule has 1 amide bonds. The molecule has 0 aromatic rings. The summed E-state index contributed by atoms with van der Waals surface area (Å²) in [6, 6.07) is 0. The summed E-state index contributed by atoms with van der Waals surface area (Å²) in [6.07, 6.45) is 13.0. The normalized spacial score (nSPS) is 46.3. The number of hydrogen-bond donors (Lipinski definition) is 0. The lowest BCUT2D eigenvalue weighted by atomic mass is 9.50. The van der Waals surface area contributed by atoms with Gasteiger partial charge in [-0.25, -0.2) is 0 Å². The summed E-state index contributed by atoms with van der Waals surface area (Å²) in [7, 11) is 2.01. The maximum Gasteiger partial charge on any atom is 0.226 e. The maximum atomic E-state index is 12.3. The highest BCUT2D eigenvalue weighted by Crippen LogP contribution is 2.65. The molecule has 0 radical (unpaired) electrons. The van der Waals surface area contributed by atoms with E-state index in [1.54, 1.807) is 3.58 Å². The largest absolute Gasteiger partial charge is 0.319 e. The first kappa shape index (κ1) is 16.2. The topological polar surface area (TPSA) is 20.3 Å². The summed E-state index contributed by atoms with van der Waals surface area (Å²) in [6.45, 7) is 4.96. The Labute approximate surface area is 153 Å². The summed E-state index contributed by atoms with van der Waals surface area (Å²) in [5.74, 6) is 2.68. The third kappa shape index (κ3) is 2.14. The number of rotatable bonds is 0. The van der Waals surface area contributed by atoms with Crippen LogP contribution in [0, 0.1) is 28.6 Å². The van der Waals surface area contributed by atoms with Crippen LogP contribution in [0.15, 0.2) is 21.4 Å². The fourth-order valence-electron chi connectivity index (χ4n) is 6.34. The van der Waals surface area contributed by atoms with Crippen molar-refractivity contribution in [2.75, 3.05) is 7.05 Å². The van der Waals surface area contributed by atoms with E-state index in [-0.39, 0.29) is 5.41 Å². The lowest BCUT2D eigenvalue weighted by Crippen LogP contribution is -2.50. The van der Waals surface area contributed by atoms with Crippen LogP contribution >= 0.6 is 22.6 Å². The molecule has 0 aromatic heterocycles. The van der Waals surface area contributed by atoms with Crippen LogP contribution in [-0.2, 0) is 4.79 Å². The molecule has 126 valence electrons. The number of fused-ring (bicyclic) bond motifs is 5. The second-order valence-electron chi connectivity index (χ2n) is 8.67. The number of nitrogens with zero attached hydrogens (tertiary/aromatic N) is 1. The third-order valence-electron chi connectivity index (χ3n) is 7.73. The molecule has 3 aliphatic carbocycles. The molecule has 1 heterocycles. The van der Waals surface area contributed by atoms with Gasteiger partial charge in [0.2, 0.25) is 5.91 Å². The minimum Gasteiger partial charge on any atom is -0.319 e. The zero-order valence-electron chi connectivity index (χ0n) is 14.6. The zero-order valence-corrected chi connectivity index (χ0v) is 16.7. The standard InChI is InChI=1S/C20H28INO/c1-19-12-10-15-13(14(19)7-8-16(19)21)6-9-17-20(15,2)11-4-5-18(23)22(17)3/h8-9,13-15H,4-7,10-12H2,1-3H3/t13-,14-,15-,19-,20+/m0/s1. The monoisotopic (exact) mass is 425 g/mol. The smallest absolute Gasteiger partial charge is 0.226 e. The molecule has 0 unspecified atom stereocenters. The van der Waals surface area contributed by atoms with E-state index in [9.17, 15) is 4.79 Å². The van der Waals surface area contributed by atoms with Gasteiger partial charge in [0.05, 0.1) is 0 Å². The molecule has 4 rings (SSSR count). The van der Waals surface area contributed by atoms with Crippen molar-refractivity contribution < 1.29 is 4.79 Å². The quantitative estimate of drug-likeness (QED) is 0.483. The van der Waals surface area contributed by atoms with E-state index in [2.05, 4.69) is 48.6 Å². The van der Waals surface area contributed by atoms with E-state index >= 15 is 0 Å². The number of carbonyl (C=O) groups excluding carboxylic acids is 1. The molecular formula is C20H28INO. The van der Waals surface area contributed by atoms with E-state index in [1.165, 1.54) is 37.8 Å². The van der Waals surface area contributed by atoms with Gasteiger partial charge in [0.15, 0.2) is 0 Å². The van der Waals surface area contributed by atoms with Crippen molar-refractivity contribution in [2.45, 2.75) is 58.8 Å². The fraction of sp³-hybridized carbons (Fsp3) is 0.750.